The summed E-state index contributed by atoms with van der Waals surface area (Å²) >= 11 is 0. The Morgan fingerprint density at radius 1 is 0.944 bits per heavy atom. The number of quaternary nitrogens is 1. The van der Waals surface area contributed by atoms with Crippen LogP contribution in [0.3, 0.4) is 0 Å². The molecule has 4 unspecified atom stereocenters. The van der Waals surface area contributed by atoms with Crippen LogP contribution in [0.1, 0.15) is 59.8 Å². The standard InChI is InChI=1S/C14H31NO3/c1-5-6-7-8-9-13(10(2)16)14(15,11(3)17)12(4)18/h10-13,16-18H,5-9,15H2,1-4H3/p+1. The fourth-order valence-corrected chi connectivity index (χ4v) is 2.72. The first-order valence-corrected chi connectivity index (χ1v) is 7.17. The molecule has 110 valence electrons. The van der Waals surface area contributed by atoms with E-state index in [1.807, 2.05) is 0 Å². The van der Waals surface area contributed by atoms with Crippen molar-refractivity contribution in [2.45, 2.75) is 83.6 Å². The van der Waals surface area contributed by atoms with Crippen LogP contribution < -0.4 is 5.73 Å². The summed E-state index contributed by atoms with van der Waals surface area (Å²) in [5.74, 6) is -0.186. The van der Waals surface area contributed by atoms with Gasteiger partial charge in [-0.15, -0.1) is 0 Å². The van der Waals surface area contributed by atoms with E-state index in [1.54, 1.807) is 20.8 Å². The molecule has 0 saturated heterocycles. The second-order valence-electron chi connectivity index (χ2n) is 5.66. The maximum Gasteiger partial charge on any atom is 0.151 e. The molecule has 6 N–H and O–H groups in total. The van der Waals surface area contributed by atoms with Gasteiger partial charge in [-0.1, -0.05) is 32.6 Å². The monoisotopic (exact) mass is 262 g/mol. The van der Waals surface area contributed by atoms with Gasteiger partial charge in [0.25, 0.3) is 0 Å². The molecule has 0 heterocycles. The van der Waals surface area contributed by atoms with Crippen LogP contribution in [0.2, 0.25) is 0 Å². The molecule has 0 aromatic heterocycles. The quantitative estimate of drug-likeness (QED) is 0.461. The fourth-order valence-electron chi connectivity index (χ4n) is 2.72. The molecule has 0 fully saturated rings. The van der Waals surface area contributed by atoms with Crippen LogP contribution in [0.25, 0.3) is 0 Å². The third kappa shape index (κ3) is 4.50. The maximum absolute atomic E-state index is 9.94. The van der Waals surface area contributed by atoms with E-state index in [9.17, 15) is 15.3 Å². The van der Waals surface area contributed by atoms with Gasteiger partial charge in [0.1, 0.15) is 12.2 Å². The smallest absolute Gasteiger partial charge is 0.151 e. The molecule has 0 aliphatic rings. The second-order valence-corrected chi connectivity index (χ2v) is 5.66. The predicted molar refractivity (Wildman–Crippen MR) is 72.9 cm³/mol. The zero-order valence-electron chi connectivity index (χ0n) is 12.4. The molecule has 0 aromatic carbocycles. The van der Waals surface area contributed by atoms with E-state index in [4.69, 9.17) is 0 Å². The van der Waals surface area contributed by atoms with Crippen LogP contribution in [0.5, 0.6) is 0 Å². The summed E-state index contributed by atoms with van der Waals surface area (Å²) in [7, 11) is 0. The highest BCUT2D eigenvalue weighted by molar-refractivity contribution is 4.95. The van der Waals surface area contributed by atoms with Gasteiger partial charge in [-0.2, -0.15) is 0 Å². The first-order valence-electron chi connectivity index (χ1n) is 7.17. The molecule has 0 aromatic rings. The first-order chi connectivity index (χ1) is 8.28. The van der Waals surface area contributed by atoms with E-state index in [0.29, 0.717) is 0 Å². The number of hydrogen-bond acceptors (Lipinski definition) is 3. The third-order valence-corrected chi connectivity index (χ3v) is 4.20. The van der Waals surface area contributed by atoms with Gasteiger partial charge in [-0.25, -0.2) is 0 Å². The van der Waals surface area contributed by atoms with Crippen molar-refractivity contribution in [1.82, 2.24) is 0 Å². The summed E-state index contributed by atoms with van der Waals surface area (Å²) < 4.78 is 0. The van der Waals surface area contributed by atoms with Crippen molar-refractivity contribution in [2.75, 3.05) is 0 Å². The van der Waals surface area contributed by atoms with Crippen molar-refractivity contribution in [3.8, 4) is 0 Å². The van der Waals surface area contributed by atoms with Gasteiger partial charge in [0.05, 0.1) is 6.10 Å². The number of hydrogen-bond donors (Lipinski definition) is 4. The van der Waals surface area contributed by atoms with Crippen molar-refractivity contribution in [1.29, 1.82) is 0 Å². The molecular weight excluding hydrogens is 230 g/mol. The Balaban J connectivity index is 4.73. The number of rotatable bonds is 9. The van der Waals surface area contributed by atoms with Crippen LogP contribution in [-0.2, 0) is 0 Å². The zero-order valence-corrected chi connectivity index (χ0v) is 12.4. The lowest BCUT2D eigenvalue weighted by Crippen LogP contribution is -2.86. The van der Waals surface area contributed by atoms with E-state index in [-0.39, 0.29) is 5.92 Å². The summed E-state index contributed by atoms with van der Waals surface area (Å²) in [6.07, 6.45) is 3.19. The number of unbranched alkanes of at least 4 members (excludes halogenated alkanes) is 3. The average molecular weight is 262 g/mol. The Labute approximate surface area is 111 Å². The Kier molecular flexibility index (Phi) is 8.03. The van der Waals surface area contributed by atoms with Crippen molar-refractivity contribution >= 4 is 0 Å². The Morgan fingerprint density at radius 2 is 1.44 bits per heavy atom. The lowest BCUT2D eigenvalue weighted by atomic mass is 9.72. The molecular formula is C14H32NO3+. The molecule has 0 saturated carbocycles. The van der Waals surface area contributed by atoms with Crippen molar-refractivity contribution in [3.63, 3.8) is 0 Å². The topological polar surface area (TPSA) is 88.3 Å². The number of aliphatic hydroxyl groups excluding tert-OH is 3. The molecule has 0 radical (unpaired) electrons. The van der Waals surface area contributed by atoms with Crippen LogP contribution in [-0.4, -0.2) is 39.2 Å². The van der Waals surface area contributed by atoms with Gasteiger partial charge in [0.2, 0.25) is 0 Å². The fraction of sp³-hybridized carbons (Fsp3) is 1.00. The molecule has 0 aliphatic heterocycles. The molecule has 0 aliphatic carbocycles. The van der Waals surface area contributed by atoms with Gasteiger partial charge in [-0.05, 0) is 27.2 Å². The molecule has 0 rings (SSSR count). The lowest BCUT2D eigenvalue weighted by molar-refractivity contribution is -0.531. The molecule has 0 spiro atoms. The predicted octanol–water partition coefficient (Wildman–Crippen LogP) is 0.696. The van der Waals surface area contributed by atoms with Gasteiger partial charge in [0, 0.05) is 5.92 Å². The Bertz CT molecular complexity index is 209. The molecule has 4 heteroatoms. The third-order valence-electron chi connectivity index (χ3n) is 4.20. The summed E-state index contributed by atoms with van der Waals surface area (Å²) in [4.78, 5) is 0. The minimum atomic E-state index is -0.902. The van der Waals surface area contributed by atoms with Crippen molar-refractivity contribution in [2.24, 2.45) is 5.92 Å². The second kappa shape index (κ2) is 8.10. The molecule has 4 nitrogen and oxygen atoms in total. The highest BCUT2D eigenvalue weighted by Gasteiger charge is 2.49. The SMILES string of the molecule is CCCCCCC(C(C)O)C([NH3+])(C(C)O)C(C)O. The van der Waals surface area contributed by atoms with Crippen LogP contribution in [0.15, 0.2) is 0 Å². The Hall–Kier alpha value is -0.160. The van der Waals surface area contributed by atoms with Crippen molar-refractivity contribution < 1.29 is 21.1 Å². The highest BCUT2D eigenvalue weighted by atomic mass is 16.3. The maximum atomic E-state index is 9.94. The van der Waals surface area contributed by atoms with E-state index >= 15 is 0 Å². The van der Waals surface area contributed by atoms with Crippen LogP contribution >= 0.6 is 0 Å². The highest BCUT2D eigenvalue weighted by Crippen LogP contribution is 2.29. The van der Waals surface area contributed by atoms with Gasteiger partial charge in [0.15, 0.2) is 5.54 Å². The van der Waals surface area contributed by atoms with Gasteiger partial charge < -0.3 is 21.1 Å². The van der Waals surface area contributed by atoms with E-state index in [2.05, 4.69) is 12.7 Å². The van der Waals surface area contributed by atoms with Crippen LogP contribution in [0.4, 0.5) is 0 Å². The summed E-state index contributed by atoms with van der Waals surface area (Å²) in [5, 5.41) is 29.8. The Morgan fingerprint density at radius 3 is 1.78 bits per heavy atom. The minimum Gasteiger partial charge on any atom is -0.393 e. The molecule has 18 heavy (non-hydrogen) atoms. The first kappa shape index (κ1) is 17.8. The summed E-state index contributed by atoms with van der Waals surface area (Å²) in [6, 6.07) is 0. The summed E-state index contributed by atoms with van der Waals surface area (Å²) in [6.45, 7) is 7.15. The van der Waals surface area contributed by atoms with E-state index in [0.717, 1.165) is 19.3 Å². The minimum absolute atomic E-state index is 0.186. The molecule has 4 atom stereocenters. The van der Waals surface area contributed by atoms with Crippen LogP contribution in [0, 0.1) is 5.92 Å². The normalized spacial score (nSPS) is 22.0. The van der Waals surface area contributed by atoms with Gasteiger partial charge in [-0.3, -0.25) is 0 Å². The largest absolute Gasteiger partial charge is 0.393 e. The zero-order chi connectivity index (χ0) is 14.3. The molecule has 0 bridgehead atoms. The summed E-state index contributed by atoms with van der Waals surface area (Å²) in [5.41, 5.74) is 3.13. The van der Waals surface area contributed by atoms with E-state index in [1.165, 1.54) is 12.8 Å². The number of aliphatic hydroxyl groups is 3. The lowest BCUT2D eigenvalue weighted by Gasteiger charge is -2.40. The average Bonchev–Trinajstić information content (AvgIpc) is 2.27. The molecule has 0 amide bonds. The van der Waals surface area contributed by atoms with Gasteiger partial charge >= 0.3 is 0 Å². The van der Waals surface area contributed by atoms with E-state index < -0.39 is 23.9 Å². The van der Waals surface area contributed by atoms with Crippen molar-refractivity contribution in [3.05, 3.63) is 0 Å².